The van der Waals surface area contributed by atoms with Crippen LogP contribution in [0, 0.1) is 5.92 Å². The molecule has 1 N–H and O–H groups in total. The fourth-order valence-corrected chi connectivity index (χ4v) is 3.60. The summed E-state index contributed by atoms with van der Waals surface area (Å²) in [6.07, 6.45) is 3.89. The highest BCUT2D eigenvalue weighted by Gasteiger charge is 2.35. The molecule has 1 unspecified atom stereocenters. The van der Waals surface area contributed by atoms with E-state index in [1.54, 1.807) is 4.90 Å². The molecule has 1 aromatic carbocycles. The van der Waals surface area contributed by atoms with Crippen LogP contribution in [-0.4, -0.2) is 29.3 Å². The van der Waals surface area contributed by atoms with Gasteiger partial charge in [-0.3, -0.25) is 9.69 Å². The van der Waals surface area contributed by atoms with E-state index in [0.29, 0.717) is 12.5 Å². The standard InChI is InChI=1S/C20H27NO4/c1-20(2,3)25-19(24)21-10-4-5-15-11-14(8-9-17(15)21)16(12-18(22)23)13-6-7-13/h8-9,11,13,16H,4-7,10,12H2,1-3H3,(H,22,23). The maximum Gasteiger partial charge on any atom is 0.414 e. The summed E-state index contributed by atoms with van der Waals surface area (Å²) in [5.74, 6) is -0.176. The number of carbonyl (C=O) groups is 2. The number of hydrogen-bond donors (Lipinski definition) is 1. The number of benzene rings is 1. The van der Waals surface area contributed by atoms with E-state index in [9.17, 15) is 14.7 Å². The molecule has 5 heteroatoms. The topological polar surface area (TPSA) is 66.8 Å². The fraction of sp³-hybridized carbons (Fsp3) is 0.600. The first-order valence-corrected chi connectivity index (χ1v) is 9.10. The summed E-state index contributed by atoms with van der Waals surface area (Å²) in [5.41, 5.74) is 2.59. The Labute approximate surface area is 149 Å². The smallest absolute Gasteiger partial charge is 0.414 e. The molecule has 5 nitrogen and oxygen atoms in total. The first-order valence-electron chi connectivity index (χ1n) is 9.10. The van der Waals surface area contributed by atoms with E-state index in [1.807, 2.05) is 32.9 Å². The lowest BCUT2D eigenvalue weighted by Gasteiger charge is -2.32. The molecule has 0 aromatic heterocycles. The molecule has 1 saturated carbocycles. The van der Waals surface area contributed by atoms with Gasteiger partial charge in [0.25, 0.3) is 0 Å². The Morgan fingerprint density at radius 1 is 1.32 bits per heavy atom. The highest BCUT2D eigenvalue weighted by molar-refractivity contribution is 5.89. The van der Waals surface area contributed by atoms with Crippen LogP contribution < -0.4 is 4.90 Å². The zero-order valence-electron chi connectivity index (χ0n) is 15.2. The minimum atomic E-state index is -0.745. The van der Waals surface area contributed by atoms with Crippen LogP contribution in [-0.2, 0) is 16.0 Å². The molecule has 136 valence electrons. The predicted molar refractivity (Wildman–Crippen MR) is 96.1 cm³/mol. The van der Waals surface area contributed by atoms with Gasteiger partial charge in [-0.05, 0) is 75.5 Å². The van der Waals surface area contributed by atoms with E-state index in [4.69, 9.17) is 4.74 Å². The average Bonchev–Trinajstić information content (AvgIpc) is 3.34. The SMILES string of the molecule is CC(C)(C)OC(=O)N1CCCc2cc(C(CC(=O)O)C3CC3)ccc21. The van der Waals surface area contributed by atoms with E-state index >= 15 is 0 Å². The second-order valence-electron chi connectivity index (χ2n) is 8.17. The zero-order chi connectivity index (χ0) is 18.2. The molecule has 1 amide bonds. The van der Waals surface area contributed by atoms with Crippen molar-refractivity contribution in [3.05, 3.63) is 29.3 Å². The Morgan fingerprint density at radius 3 is 2.64 bits per heavy atom. The van der Waals surface area contributed by atoms with Crippen LogP contribution in [0.25, 0.3) is 0 Å². The van der Waals surface area contributed by atoms with Crippen LogP contribution >= 0.6 is 0 Å². The molecule has 1 aliphatic heterocycles. The average molecular weight is 345 g/mol. The largest absolute Gasteiger partial charge is 0.481 e. The Kier molecular flexibility index (Phi) is 4.76. The number of carboxylic acid groups (broad SMARTS) is 1. The maximum absolute atomic E-state index is 12.5. The van der Waals surface area contributed by atoms with Crippen molar-refractivity contribution in [2.24, 2.45) is 5.92 Å². The molecular formula is C20H27NO4. The normalized spacial score (nSPS) is 18.4. The van der Waals surface area contributed by atoms with E-state index in [0.717, 1.165) is 42.5 Å². The predicted octanol–water partition coefficient (Wildman–Crippen LogP) is 4.34. The second-order valence-corrected chi connectivity index (χ2v) is 8.17. The minimum absolute atomic E-state index is 0.0831. The molecule has 1 atom stereocenters. The van der Waals surface area contributed by atoms with Gasteiger partial charge in [-0.25, -0.2) is 4.79 Å². The molecule has 3 rings (SSSR count). The lowest BCUT2D eigenvalue weighted by atomic mass is 9.88. The van der Waals surface area contributed by atoms with E-state index in [2.05, 4.69) is 6.07 Å². The van der Waals surface area contributed by atoms with Gasteiger partial charge in [0.1, 0.15) is 5.60 Å². The third-order valence-electron chi connectivity index (χ3n) is 4.85. The third-order valence-corrected chi connectivity index (χ3v) is 4.85. The molecule has 1 aliphatic carbocycles. The summed E-state index contributed by atoms with van der Waals surface area (Å²) in [7, 11) is 0. The van der Waals surface area contributed by atoms with E-state index in [-0.39, 0.29) is 18.4 Å². The van der Waals surface area contributed by atoms with E-state index in [1.165, 1.54) is 0 Å². The van der Waals surface area contributed by atoms with Gasteiger partial charge in [0.15, 0.2) is 0 Å². The monoisotopic (exact) mass is 345 g/mol. The molecule has 1 heterocycles. The van der Waals surface area contributed by atoms with Crippen LogP contribution in [0.15, 0.2) is 18.2 Å². The lowest BCUT2D eigenvalue weighted by molar-refractivity contribution is -0.137. The van der Waals surface area contributed by atoms with Crippen LogP contribution in [0.3, 0.4) is 0 Å². The van der Waals surface area contributed by atoms with Crippen molar-refractivity contribution in [3.8, 4) is 0 Å². The number of carbonyl (C=O) groups excluding carboxylic acids is 1. The molecule has 0 saturated heterocycles. The van der Waals surface area contributed by atoms with Gasteiger partial charge in [0.2, 0.25) is 0 Å². The molecule has 0 spiro atoms. The van der Waals surface area contributed by atoms with Crippen molar-refractivity contribution in [2.45, 2.75) is 64.4 Å². The van der Waals surface area contributed by atoms with Crippen molar-refractivity contribution in [1.29, 1.82) is 0 Å². The van der Waals surface area contributed by atoms with Crippen LogP contribution in [0.1, 0.15) is 63.5 Å². The Hall–Kier alpha value is -2.04. The van der Waals surface area contributed by atoms with Crippen molar-refractivity contribution in [1.82, 2.24) is 0 Å². The van der Waals surface area contributed by atoms with Crippen molar-refractivity contribution in [2.75, 3.05) is 11.4 Å². The second kappa shape index (κ2) is 6.70. The fourth-order valence-electron chi connectivity index (χ4n) is 3.60. The number of aliphatic carboxylic acids is 1. The molecule has 1 aromatic rings. The third kappa shape index (κ3) is 4.33. The summed E-state index contributed by atoms with van der Waals surface area (Å²) in [5, 5.41) is 9.21. The molecule has 0 bridgehead atoms. The van der Waals surface area contributed by atoms with Gasteiger partial charge in [0, 0.05) is 6.54 Å². The number of hydrogen-bond acceptors (Lipinski definition) is 3. The highest BCUT2D eigenvalue weighted by Crippen LogP contribution is 2.45. The lowest BCUT2D eigenvalue weighted by Crippen LogP contribution is -2.39. The first kappa shape index (κ1) is 17.8. The number of fused-ring (bicyclic) bond motifs is 1. The number of amides is 1. The van der Waals surface area contributed by atoms with E-state index < -0.39 is 11.6 Å². The van der Waals surface area contributed by atoms with Gasteiger partial charge in [0.05, 0.1) is 12.1 Å². The van der Waals surface area contributed by atoms with Gasteiger partial charge >= 0.3 is 12.1 Å². The summed E-state index contributed by atoms with van der Waals surface area (Å²) in [4.78, 5) is 25.4. The number of ether oxygens (including phenoxy) is 1. The summed E-state index contributed by atoms with van der Waals surface area (Å²) in [6.45, 7) is 6.25. The molecule has 0 radical (unpaired) electrons. The van der Waals surface area contributed by atoms with Crippen molar-refractivity contribution < 1.29 is 19.4 Å². The minimum Gasteiger partial charge on any atom is -0.481 e. The Bertz CT molecular complexity index is 673. The van der Waals surface area contributed by atoms with Gasteiger partial charge in [-0.2, -0.15) is 0 Å². The van der Waals surface area contributed by atoms with Crippen molar-refractivity contribution in [3.63, 3.8) is 0 Å². The highest BCUT2D eigenvalue weighted by atomic mass is 16.6. The van der Waals surface area contributed by atoms with Crippen molar-refractivity contribution >= 4 is 17.7 Å². The summed E-state index contributed by atoms with van der Waals surface area (Å²) < 4.78 is 5.52. The summed E-state index contributed by atoms with van der Waals surface area (Å²) in [6, 6.07) is 6.07. The van der Waals surface area contributed by atoms with Gasteiger partial charge in [-0.1, -0.05) is 12.1 Å². The molecular weight excluding hydrogens is 318 g/mol. The number of rotatable bonds is 4. The van der Waals surface area contributed by atoms with Gasteiger partial charge < -0.3 is 9.84 Å². The van der Waals surface area contributed by atoms with Gasteiger partial charge in [-0.15, -0.1) is 0 Å². The number of carboxylic acids is 1. The Morgan fingerprint density at radius 2 is 2.04 bits per heavy atom. The van der Waals surface area contributed by atoms with Crippen LogP contribution in [0.5, 0.6) is 0 Å². The quantitative estimate of drug-likeness (QED) is 0.881. The number of aryl methyl sites for hydroxylation is 1. The first-order chi connectivity index (χ1) is 11.7. The maximum atomic E-state index is 12.5. The number of anilines is 1. The molecule has 25 heavy (non-hydrogen) atoms. The molecule has 1 fully saturated rings. The Balaban J connectivity index is 1.84. The number of nitrogens with zero attached hydrogens (tertiary/aromatic N) is 1. The van der Waals surface area contributed by atoms with Crippen LogP contribution in [0.2, 0.25) is 0 Å². The molecule has 2 aliphatic rings. The summed E-state index contributed by atoms with van der Waals surface area (Å²) >= 11 is 0. The zero-order valence-corrected chi connectivity index (χ0v) is 15.2. The van der Waals surface area contributed by atoms with Crippen LogP contribution in [0.4, 0.5) is 10.5 Å².